The molecule has 0 saturated heterocycles. The monoisotopic (exact) mass is 277 g/mol. The van der Waals surface area contributed by atoms with Gasteiger partial charge in [-0.2, -0.15) is 26.3 Å². The second-order valence-corrected chi connectivity index (χ2v) is 3.57. The van der Waals surface area contributed by atoms with Gasteiger partial charge < -0.3 is 0 Å². The quantitative estimate of drug-likeness (QED) is 0.637. The number of halogens is 7. The van der Waals surface area contributed by atoms with Gasteiger partial charge in [0, 0.05) is 6.54 Å². The first kappa shape index (κ1) is 14.1. The molecule has 1 nitrogen and oxygen atoms in total. The van der Waals surface area contributed by atoms with Gasteiger partial charge in [-0.3, -0.25) is 0 Å². The summed E-state index contributed by atoms with van der Waals surface area (Å²) in [6.07, 6.45) is -9.33. The first-order valence-electron chi connectivity index (χ1n) is 4.27. The Morgan fingerprint density at radius 2 is 1.65 bits per heavy atom. The SMILES string of the molecule is FC(F)(F)NCc1ccc(Cl)c(C(F)(F)F)c1. The highest BCUT2D eigenvalue weighted by Gasteiger charge is 2.33. The van der Waals surface area contributed by atoms with E-state index in [1.54, 1.807) is 0 Å². The molecule has 0 aliphatic rings. The van der Waals surface area contributed by atoms with E-state index in [9.17, 15) is 26.3 Å². The van der Waals surface area contributed by atoms with Crippen molar-refractivity contribution in [1.29, 1.82) is 0 Å². The molecule has 0 saturated carbocycles. The molecule has 0 amide bonds. The van der Waals surface area contributed by atoms with E-state index in [4.69, 9.17) is 11.6 Å². The summed E-state index contributed by atoms with van der Waals surface area (Å²) in [6, 6.07) is 2.59. The lowest BCUT2D eigenvalue weighted by atomic mass is 10.1. The fraction of sp³-hybridized carbons (Fsp3) is 0.333. The Bertz CT molecular complexity index is 397. The van der Waals surface area contributed by atoms with Gasteiger partial charge >= 0.3 is 12.5 Å². The lowest BCUT2D eigenvalue weighted by molar-refractivity contribution is -0.158. The van der Waals surface area contributed by atoms with E-state index in [0.717, 1.165) is 17.4 Å². The zero-order valence-corrected chi connectivity index (χ0v) is 8.84. The molecule has 96 valence electrons. The highest BCUT2D eigenvalue weighted by atomic mass is 35.5. The molecule has 1 N–H and O–H groups in total. The fourth-order valence-corrected chi connectivity index (χ4v) is 1.33. The summed E-state index contributed by atoms with van der Waals surface area (Å²) in [5.74, 6) is 0. The van der Waals surface area contributed by atoms with Crippen LogP contribution in [0.5, 0.6) is 0 Å². The zero-order chi connectivity index (χ0) is 13.3. The Morgan fingerprint density at radius 3 is 2.12 bits per heavy atom. The van der Waals surface area contributed by atoms with Crippen molar-refractivity contribution in [3.63, 3.8) is 0 Å². The minimum absolute atomic E-state index is 0.154. The van der Waals surface area contributed by atoms with Crippen molar-refractivity contribution in [2.45, 2.75) is 19.0 Å². The van der Waals surface area contributed by atoms with Crippen LogP contribution in [0.15, 0.2) is 18.2 Å². The summed E-state index contributed by atoms with van der Waals surface area (Å²) in [6.45, 7) is -0.746. The molecule has 0 atom stereocenters. The standard InChI is InChI=1S/C9H6ClF6N/c10-7-2-1-5(4-17-9(14,15)16)3-6(7)8(11,12)13/h1-3,17H,4H2. The molecule has 0 heterocycles. The van der Waals surface area contributed by atoms with Crippen LogP contribution < -0.4 is 5.32 Å². The molecular weight excluding hydrogens is 272 g/mol. The van der Waals surface area contributed by atoms with Crippen LogP contribution in [-0.2, 0) is 12.7 Å². The Kier molecular flexibility index (Phi) is 3.93. The van der Waals surface area contributed by atoms with Gasteiger partial charge in [-0.15, -0.1) is 0 Å². The van der Waals surface area contributed by atoms with Gasteiger partial charge in [0.2, 0.25) is 0 Å². The van der Waals surface area contributed by atoms with Crippen LogP contribution in [0.4, 0.5) is 26.3 Å². The number of alkyl halides is 6. The van der Waals surface area contributed by atoms with Crippen LogP contribution >= 0.6 is 11.6 Å². The van der Waals surface area contributed by atoms with E-state index in [-0.39, 0.29) is 5.56 Å². The molecule has 1 aromatic rings. The topological polar surface area (TPSA) is 12.0 Å². The number of benzene rings is 1. The Balaban J connectivity index is 2.90. The Labute approximate surface area is 97.4 Å². The number of nitrogens with one attached hydrogen (secondary N) is 1. The summed E-state index contributed by atoms with van der Waals surface area (Å²) in [5.41, 5.74) is -1.31. The van der Waals surface area contributed by atoms with Gasteiger partial charge in [0.05, 0.1) is 10.6 Å². The minimum Gasteiger partial charge on any atom is -0.224 e. The summed E-state index contributed by atoms with van der Waals surface area (Å²) in [5, 5.41) is 0.578. The van der Waals surface area contributed by atoms with Crippen LogP contribution in [0.2, 0.25) is 5.02 Å². The molecule has 0 aliphatic heterocycles. The smallest absolute Gasteiger partial charge is 0.224 e. The van der Waals surface area contributed by atoms with Crippen molar-refractivity contribution >= 4 is 11.6 Å². The second kappa shape index (κ2) is 4.73. The summed E-state index contributed by atoms with van der Waals surface area (Å²) >= 11 is 5.31. The van der Waals surface area contributed by atoms with E-state index in [0.29, 0.717) is 6.07 Å². The summed E-state index contributed by atoms with van der Waals surface area (Å²) in [7, 11) is 0. The van der Waals surface area contributed by atoms with Crippen molar-refractivity contribution in [1.82, 2.24) is 5.32 Å². The number of rotatable bonds is 2. The molecular formula is C9H6ClF6N. The Hall–Kier alpha value is -0.950. The van der Waals surface area contributed by atoms with Gasteiger partial charge in [0.25, 0.3) is 0 Å². The summed E-state index contributed by atoms with van der Waals surface area (Å²) in [4.78, 5) is 0. The lowest BCUT2D eigenvalue weighted by Crippen LogP contribution is -2.30. The number of hydrogen-bond donors (Lipinski definition) is 1. The third-order valence-corrected chi connectivity index (χ3v) is 2.16. The fourth-order valence-electron chi connectivity index (χ4n) is 1.10. The highest BCUT2D eigenvalue weighted by molar-refractivity contribution is 6.31. The lowest BCUT2D eigenvalue weighted by Gasteiger charge is -2.12. The van der Waals surface area contributed by atoms with Gasteiger partial charge in [-0.25, -0.2) is 5.32 Å². The van der Waals surface area contributed by atoms with E-state index < -0.39 is 29.6 Å². The predicted octanol–water partition coefficient (Wildman–Crippen LogP) is 3.97. The normalized spacial score (nSPS) is 12.9. The molecule has 8 heteroatoms. The molecule has 0 radical (unpaired) electrons. The molecule has 17 heavy (non-hydrogen) atoms. The maximum Gasteiger partial charge on any atom is 0.457 e. The first-order chi connectivity index (χ1) is 7.59. The second-order valence-electron chi connectivity index (χ2n) is 3.16. The molecule has 1 rings (SSSR count). The average Bonchev–Trinajstić information content (AvgIpc) is 2.13. The molecule has 0 fully saturated rings. The van der Waals surface area contributed by atoms with Crippen molar-refractivity contribution < 1.29 is 26.3 Å². The van der Waals surface area contributed by atoms with E-state index in [2.05, 4.69) is 0 Å². The van der Waals surface area contributed by atoms with Crippen LogP contribution in [0.3, 0.4) is 0 Å². The number of hydrogen-bond acceptors (Lipinski definition) is 1. The minimum atomic E-state index is -4.69. The maximum atomic E-state index is 12.4. The van der Waals surface area contributed by atoms with Gasteiger partial charge in [-0.1, -0.05) is 17.7 Å². The molecule has 0 unspecified atom stereocenters. The third kappa shape index (κ3) is 4.43. The van der Waals surface area contributed by atoms with E-state index >= 15 is 0 Å². The molecule has 0 aliphatic carbocycles. The van der Waals surface area contributed by atoms with Gasteiger partial charge in [-0.05, 0) is 17.7 Å². The predicted molar refractivity (Wildman–Crippen MR) is 49.3 cm³/mol. The van der Waals surface area contributed by atoms with E-state index in [1.165, 1.54) is 0 Å². The third-order valence-electron chi connectivity index (χ3n) is 1.83. The van der Waals surface area contributed by atoms with Gasteiger partial charge in [0.15, 0.2) is 0 Å². The molecule has 1 aromatic carbocycles. The van der Waals surface area contributed by atoms with Crippen molar-refractivity contribution in [3.8, 4) is 0 Å². The Morgan fingerprint density at radius 1 is 1.06 bits per heavy atom. The largest absolute Gasteiger partial charge is 0.457 e. The maximum absolute atomic E-state index is 12.4. The summed E-state index contributed by atoms with van der Waals surface area (Å²) < 4.78 is 72.5. The van der Waals surface area contributed by atoms with E-state index in [1.807, 2.05) is 0 Å². The molecule has 0 bridgehead atoms. The van der Waals surface area contributed by atoms with Crippen molar-refractivity contribution in [3.05, 3.63) is 34.3 Å². The van der Waals surface area contributed by atoms with Gasteiger partial charge in [0.1, 0.15) is 0 Å². The zero-order valence-electron chi connectivity index (χ0n) is 8.08. The van der Waals surface area contributed by atoms with Crippen molar-refractivity contribution in [2.24, 2.45) is 0 Å². The highest BCUT2D eigenvalue weighted by Crippen LogP contribution is 2.35. The first-order valence-corrected chi connectivity index (χ1v) is 4.65. The van der Waals surface area contributed by atoms with Crippen LogP contribution in [0, 0.1) is 0 Å². The van der Waals surface area contributed by atoms with Crippen LogP contribution in [-0.4, -0.2) is 6.30 Å². The molecule has 0 spiro atoms. The van der Waals surface area contributed by atoms with Crippen LogP contribution in [0.1, 0.15) is 11.1 Å². The molecule has 0 aromatic heterocycles. The average molecular weight is 278 g/mol. The van der Waals surface area contributed by atoms with Crippen LogP contribution in [0.25, 0.3) is 0 Å². The van der Waals surface area contributed by atoms with Crippen molar-refractivity contribution in [2.75, 3.05) is 0 Å².